The summed E-state index contributed by atoms with van der Waals surface area (Å²) >= 11 is 0. The molecule has 4 heterocycles. The highest BCUT2D eigenvalue weighted by Gasteiger charge is 2.34. The average molecular weight is 857 g/mol. The standard InChI is InChI=1S/C59H48N6O/c1-34(58(3,4)5)29-30-45-35(2)41-31-44(59(6,7)8)51-40-23-13-18-28-50(40)66-57(51)56(41)65(45)53-42(32-60)54(63-46-24-14-9-19-36(46)37-20-10-15-25-47(37)63)52(62)55(43(53)33-61)64-48-26-16-11-21-38(48)39-22-12-17-27-49(39)64/h9-31H,1,62H2,2-8H3/b30-29-. The molecule has 7 aromatic carbocycles. The zero-order chi connectivity index (χ0) is 46.0. The molecule has 0 bridgehead atoms. The monoisotopic (exact) mass is 856 g/mol. The second-order valence-corrected chi connectivity index (χ2v) is 19.5. The molecule has 0 unspecified atom stereocenters. The molecule has 0 atom stereocenters. The number of nitriles is 2. The molecule has 66 heavy (non-hydrogen) atoms. The van der Waals surface area contributed by atoms with Gasteiger partial charge >= 0.3 is 0 Å². The Morgan fingerprint density at radius 2 is 1.05 bits per heavy atom. The Kier molecular flexibility index (Phi) is 8.82. The third-order valence-electron chi connectivity index (χ3n) is 13.6. The number of nitrogens with two attached hydrogens (primary N) is 1. The minimum atomic E-state index is -0.269. The van der Waals surface area contributed by atoms with Crippen LogP contribution < -0.4 is 5.73 Å². The van der Waals surface area contributed by atoms with Crippen LogP contribution in [-0.4, -0.2) is 13.7 Å². The van der Waals surface area contributed by atoms with E-state index in [2.05, 4.69) is 154 Å². The number of furan rings is 1. The summed E-state index contributed by atoms with van der Waals surface area (Å²) in [5, 5.41) is 31.0. The van der Waals surface area contributed by atoms with E-state index in [0.717, 1.165) is 93.3 Å². The Morgan fingerprint density at radius 1 is 0.606 bits per heavy atom. The fourth-order valence-corrected chi connectivity index (χ4v) is 10.2. The first-order valence-corrected chi connectivity index (χ1v) is 22.4. The fraction of sp³-hybridized carbons (Fsp3) is 0.153. The Morgan fingerprint density at radius 3 is 1.48 bits per heavy atom. The van der Waals surface area contributed by atoms with Crippen molar-refractivity contribution in [1.82, 2.24) is 13.7 Å². The van der Waals surface area contributed by atoms with Crippen LogP contribution in [0.4, 0.5) is 5.69 Å². The van der Waals surface area contributed by atoms with E-state index in [9.17, 15) is 10.5 Å². The molecule has 0 aliphatic heterocycles. The molecule has 7 heteroatoms. The van der Waals surface area contributed by atoms with Crippen LogP contribution in [0.1, 0.15) is 69.5 Å². The lowest BCUT2D eigenvalue weighted by Crippen LogP contribution is -2.16. The van der Waals surface area contributed by atoms with Crippen molar-refractivity contribution in [2.75, 3.05) is 5.73 Å². The second kappa shape index (κ2) is 14.4. The normalized spacial score (nSPS) is 12.5. The molecule has 7 nitrogen and oxygen atoms in total. The summed E-state index contributed by atoms with van der Waals surface area (Å²) in [6.07, 6.45) is 4.16. The topological polar surface area (TPSA) is 102 Å². The lowest BCUT2D eigenvalue weighted by atomic mass is 9.83. The SMILES string of the molecule is C=C(/C=C\c1c(C)c2cc(C(C)(C)C)c3c4ccccc4oc3c2n1-c1c(C#N)c(-n2c3ccccc3c3ccccc32)c(N)c(-n2c3ccccc3c3ccccc32)c1C#N)C(C)(C)C. The van der Waals surface area contributed by atoms with Crippen molar-refractivity contribution < 1.29 is 4.42 Å². The van der Waals surface area contributed by atoms with Gasteiger partial charge in [-0.25, -0.2) is 0 Å². The van der Waals surface area contributed by atoms with Crippen molar-refractivity contribution in [3.05, 3.63) is 174 Å². The predicted octanol–water partition coefficient (Wildman–Crippen LogP) is 15.3. The number of para-hydroxylation sites is 5. The molecule has 0 saturated carbocycles. The van der Waals surface area contributed by atoms with E-state index in [-0.39, 0.29) is 22.0 Å². The molecule has 2 N–H and O–H groups in total. The van der Waals surface area contributed by atoms with Gasteiger partial charge in [-0.15, -0.1) is 0 Å². The van der Waals surface area contributed by atoms with Crippen LogP contribution in [0.5, 0.6) is 0 Å². The number of nitrogens with zero attached hydrogens (tertiary/aromatic N) is 5. The highest BCUT2D eigenvalue weighted by Crippen LogP contribution is 2.49. The molecule has 11 rings (SSSR count). The van der Waals surface area contributed by atoms with Gasteiger partial charge in [0.2, 0.25) is 0 Å². The van der Waals surface area contributed by atoms with Crippen molar-refractivity contribution in [2.24, 2.45) is 5.41 Å². The van der Waals surface area contributed by atoms with E-state index < -0.39 is 0 Å². The number of rotatable bonds is 5. The molecule has 11 aromatic rings. The van der Waals surface area contributed by atoms with Crippen molar-refractivity contribution in [3.63, 3.8) is 0 Å². The smallest absolute Gasteiger partial charge is 0.160 e. The van der Waals surface area contributed by atoms with E-state index in [1.54, 1.807) is 0 Å². The minimum Gasteiger partial charge on any atom is -0.454 e. The van der Waals surface area contributed by atoms with Gasteiger partial charge < -0.3 is 23.9 Å². The molecule has 0 amide bonds. The molecule has 320 valence electrons. The van der Waals surface area contributed by atoms with Gasteiger partial charge in [-0.2, -0.15) is 10.5 Å². The zero-order valence-electron chi connectivity index (χ0n) is 38.2. The summed E-state index contributed by atoms with van der Waals surface area (Å²) in [5.41, 5.74) is 19.0. The Hall–Kier alpha value is -8.26. The second-order valence-electron chi connectivity index (χ2n) is 19.5. The van der Waals surface area contributed by atoms with Gasteiger partial charge in [0.15, 0.2) is 5.58 Å². The largest absolute Gasteiger partial charge is 0.454 e. The number of hydrogen-bond acceptors (Lipinski definition) is 4. The number of hydrogen-bond donors (Lipinski definition) is 1. The molecule has 0 aliphatic rings. The first kappa shape index (κ1) is 40.5. The van der Waals surface area contributed by atoms with Crippen LogP contribution in [0.2, 0.25) is 0 Å². The predicted molar refractivity (Wildman–Crippen MR) is 274 cm³/mol. The third kappa shape index (κ3) is 5.66. The number of aryl methyl sites for hydroxylation is 1. The number of fused-ring (bicyclic) bond motifs is 11. The quantitative estimate of drug-likeness (QED) is 0.138. The summed E-state index contributed by atoms with van der Waals surface area (Å²) in [6.45, 7) is 19.7. The lowest BCUT2D eigenvalue weighted by molar-refractivity contribution is 0.519. The number of anilines is 1. The summed E-state index contributed by atoms with van der Waals surface area (Å²) < 4.78 is 13.4. The average Bonchev–Trinajstić information content (AvgIpc) is 4.03. The Balaban J connectivity index is 1.44. The molecular weight excluding hydrogens is 809 g/mol. The lowest BCUT2D eigenvalue weighted by Gasteiger charge is -2.25. The van der Waals surface area contributed by atoms with Gasteiger partial charge in [0.05, 0.1) is 50.3 Å². The van der Waals surface area contributed by atoms with Gasteiger partial charge in [0, 0.05) is 43.4 Å². The summed E-state index contributed by atoms with van der Waals surface area (Å²) in [7, 11) is 0. The molecule has 0 fully saturated rings. The van der Waals surface area contributed by atoms with Crippen LogP contribution in [0.15, 0.2) is 150 Å². The molecule has 0 spiro atoms. The Bertz CT molecular complexity index is 3760. The van der Waals surface area contributed by atoms with Crippen LogP contribution in [0.3, 0.4) is 0 Å². The van der Waals surface area contributed by atoms with Crippen molar-refractivity contribution >= 4 is 88.2 Å². The van der Waals surface area contributed by atoms with Crippen LogP contribution in [0, 0.1) is 35.0 Å². The Labute approximate surface area is 383 Å². The van der Waals surface area contributed by atoms with Crippen molar-refractivity contribution in [1.29, 1.82) is 10.5 Å². The van der Waals surface area contributed by atoms with E-state index in [1.165, 1.54) is 0 Å². The summed E-state index contributed by atoms with van der Waals surface area (Å²) in [5.74, 6) is 0. The maximum Gasteiger partial charge on any atom is 0.160 e. The van der Waals surface area contributed by atoms with Crippen molar-refractivity contribution in [3.8, 4) is 29.2 Å². The highest BCUT2D eigenvalue weighted by atomic mass is 16.3. The van der Waals surface area contributed by atoms with Gasteiger partial charge in [0.25, 0.3) is 0 Å². The molecular formula is C59H48N6O. The molecule has 0 saturated heterocycles. The van der Waals surface area contributed by atoms with Gasteiger partial charge in [-0.1, -0.05) is 145 Å². The van der Waals surface area contributed by atoms with Crippen LogP contribution in [0.25, 0.3) is 99.6 Å². The number of aromatic nitrogens is 3. The van der Waals surface area contributed by atoms with E-state index in [4.69, 9.17) is 10.2 Å². The van der Waals surface area contributed by atoms with Crippen molar-refractivity contribution in [2.45, 2.75) is 53.9 Å². The van der Waals surface area contributed by atoms with Gasteiger partial charge in [0.1, 0.15) is 28.8 Å². The maximum atomic E-state index is 12.0. The third-order valence-corrected chi connectivity index (χ3v) is 13.6. The highest BCUT2D eigenvalue weighted by molar-refractivity contribution is 6.18. The summed E-state index contributed by atoms with van der Waals surface area (Å²) in [4.78, 5) is 0. The number of nitrogen functional groups attached to an aromatic ring is 1. The first-order valence-electron chi connectivity index (χ1n) is 22.4. The number of benzene rings is 7. The van der Waals surface area contributed by atoms with Gasteiger partial charge in [-0.3, -0.25) is 0 Å². The van der Waals surface area contributed by atoms with E-state index in [0.29, 0.717) is 28.3 Å². The fourth-order valence-electron chi connectivity index (χ4n) is 10.2. The van der Waals surface area contributed by atoms with Gasteiger partial charge in [-0.05, 0) is 76.9 Å². The zero-order valence-corrected chi connectivity index (χ0v) is 38.2. The molecule has 0 radical (unpaired) electrons. The maximum absolute atomic E-state index is 12.0. The first-order chi connectivity index (χ1) is 31.7. The molecule has 0 aliphatic carbocycles. The van der Waals surface area contributed by atoms with E-state index in [1.807, 2.05) is 66.7 Å². The molecule has 4 aromatic heterocycles. The summed E-state index contributed by atoms with van der Waals surface area (Å²) in [6, 6.07) is 48.7. The van der Waals surface area contributed by atoms with Crippen LogP contribution >= 0.6 is 0 Å². The van der Waals surface area contributed by atoms with Crippen LogP contribution in [-0.2, 0) is 5.41 Å². The number of allylic oxidation sites excluding steroid dienone is 2. The minimum absolute atomic E-state index is 0.225. The van der Waals surface area contributed by atoms with E-state index >= 15 is 0 Å².